The molecule has 0 heterocycles. The van der Waals surface area contributed by atoms with Crippen LogP contribution in [-0.2, 0) is 4.79 Å². The molecule has 0 aliphatic heterocycles. The standard InChI is InChI=1S/C14H22O2/c1-2-11(14(15)16)13-9-5-8-12(13)10-6-3-4-7-10/h2,10,12-13H,3-9H2,1H3,(H,15,16). The highest BCUT2D eigenvalue weighted by Gasteiger charge is 2.38. The second-order valence-electron chi connectivity index (χ2n) is 5.29. The van der Waals surface area contributed by atoms with Crippen LogP contribution in [0.4, 0.5) is 0 Å². The van der Waals surface area contributed by atoms with Gasteiger partial charge < -0.3 is 5.11 Å². The minimum atomic E-state index is -0.697. The topological polar surface area (TPSA) is 37.3 Å². The van der Waals surface area contributed by atoms with E-state index in [1.165, 1.54) is 38.5 Å². The molecule has 0 radical (unpaired) electrons. The molecule has 0 spiro atoms. The van der Waals surface area contributed by atoms with Gasteiger partial charge in [-0.2, -0.15) is 0 Å². The van der Waals surface area contributed by atoms with Gasteiger partial charge in [0, 0.05) is 5.57 Å². The molecule has 2 aliphatic rings. The first-order valence-electron chi connectivity index (χ1n) is 6.63. The van der Waals surface area contributed by atoms with Crippen molar-refractivity contribution in [2.24, 2.45) is 17.8 Å². The van der Waals surface area contributed by atoms with Gasteiger partial charge in [-0.1, -0.05) is 38.2 Å². The smallest absolute Gasteiger partial charge is 0.331 e. The Hall–Kier alpha value is -0.790. The molecule has 90 valence electrons. The fourth-order valence-electron chi connectivity index (χ4n) is 3.82. The predicted octanol–water partition coefficient (Wildman–Crippen LogP) is 3.62. The third-order valence-electron chi connectivity index (χ3n) is 4.53. The maximum absolute atomic E-state index is 11.2. The molecule has 2 fully saturated rings. The third kappa shape index (κ3) is 2.16. The van der Waals surface area contributed by atoms with Gasteiger partial charge in [0.2, 0.25) is 0 Å². The molecule has 2 nitrogen and oxygen atoms in total. The quantitative estimate of drug-likeness (QED) is 0.740. The summed E-state index contributed by atoms with van der Waals surface area (Å²) in [7, 11) is 0. The second kappa shape index (κ2) is 5.03. The minimum Gasteiger partial charge on any atom is -0.478 e. The summed E-state index contributed by atoms with van der Waals surface area (Å²) in [4.78, 5) is 11.2. The van der Waals surface area contributed by atoms with Crippen LogP contribution in [0.2, 0.25) is 0 Å². The Morgan fingerprint density at radius 3 is 2.38 bits per heavy atom. The van der Waals surface area contributed by atoms with E-state index in [2.05, 4.69) is 0 Å². The summed E-state index contributed by atoms with van der Waals surface area (Å²) in [6.45, 7) is 1.87. The van der Waals surface area contributed by atoms with E-state index in [0.29, 0.717) is 17.4 Å². The Kier molecular flexibility index (Phi) is 3.67. The largest absolute Gasteiger partial charge is 0.478 e. The van der Waals surface area contributed by atoms with Crippen molar-refractivity contribution in [3.63, 3.8) is 0 Å². The molecule has 0 aromatic heterocycles. The maximum Gasteiger partial charge on any atom is 0.331 e. The van der Waals surface area contributed by atoms with Crippen molar-refractivity contribution >= 4 is 5.97 Å². The summed E-state index contributed by atoms with van der Waals surface area (Å²) in [6.07, 6.45) is 10.7. The fourth-order valence-corrected chi connectivity index (χ4v) is 3.82. The molecule has 2 aliphatic carbocycles. The lowest BCUT2D eigenvalue weighted by molar-refractivity contribution is -0.133. The first kappa shape index (κ1) is 11.7. The average Bonchev–Trinajstić information content (AvgIpc) is 2.86. The van der Waals surface area contributed by atoms with Crippen LogP contribution in [-0.4, -0.2) is 11.1 Å². The van der Waals surface area contributed by atoms with E-state index in [4.69, 9.17) is 0 Å². The monoisotopic (exact) mass is 222 g/mol. The van der Waals surface area contributed by atoms with Crippen molar-refractivity contribution in [1.82, 2.24) is 0 Å². The molecule has 0 aromatic carbocycles. The highest BCUT2D eigenvalue weighted by atomic mass is 16.4. The van der Waals surface area contributed by atoms with E-state index in [1.54, 1.807) is 0 Å². The molecule has 0 amide bonds. The van der Waals surface area contributed by atoms with Crippen LogP contribution in [0.5, 0.6) is 0 Å². The van der Waals surface area contributed by atoms with Gasteiger partial charge >= 0.3 is 5.97 Å². The molecule has 2 saturated carbocycles. The minimum absolute atomic E-state index is 0.339. The Morgan fingerprint density at radius 1 is 1.12 bits per heavy atom. The zero-order valence-electron chi connectivity index (χ0n) is 10.1. The van der Waals surface area contributed by atoms with Crippen molar-refractivity contribution in [1.29, 1.82) is 0 Å². The van der Waals surface area contributed by atoms with Gasteiger partial charge in [0.15, 0.2) is 0 Å². The van der Waals surface area contributed by atoms with Crippen LogP contribution in [0.1, 0.15) is 51.9 Å². The van der Waals surface area contributed by atoms with E-state index in [1.807, 2.05) is 13.0 Å². The Morgan fingerprint density at radius 2 is 1.81 bits per heavy atom. The molecular weight excluding hydrogens is 200 g/mol. The van der Waals surface area contributed by atoms with Gasteiger partial charge in [0.05, 0.1) is 0 Å². The van der Waals surface area contributed by atoms with Crippen LogP contribution < -0.4 is 0 Å². The molecule has 0 bridgehead atoms. The molecule has 0 aromatic rings. The lowest BCUT2D eigenvalue weighted by Gasteiger charge is -2.25. The average molecular weight is 222 g/mol. The Balaban J connectivity index is 2.10. The zero-order valence-corrected chi connectivity index (χ0v) is 10.1. The number of carboxylic acid groups (broad SMARTS) is 1. The highest BCUT2D eigenvalue weighted by molar-refractivity contribution is 5.87. The molecule has 2 unspecified atom stereocenters. The normalized spacial score (nSPS) is 32.2. The van der Waals surface area contributed by atoms with E-state index in [0.717, 1.165) is 12.3 Å². The molecule has 1 N–H and O–H groups in total. The molecule has 2 heteroatoms. The number of allylic oxidation sites excluding steroid dienone is 1. The third-order valence-corrected chi connectivity index (χ3v) is 4.53. The van der Waals surface area contributed by atoms with Crippen LogP contribution in [0, 0.1) is 17.8 Å². The van der Waals surface area contributed by atoms with Gasteiger partial charge in [-0.05, 0) is 37.5 Å². The highest BCUT2D eigenvalue weighted by Crippen LogP contribution is 2.46. The van der Waals surface area contributed by atoms with Crippen molar-refractivity contribution < 1.29 is 9.90 Å². The summed E-state index contributed by atoms with van der Waals surface area (Å²) >= 11 is 0. The molecule has 16 heavy (non-hydrogen) atoms. The van der Waals surface area contributed by atoms with Crippen LogP contribution in [0.3, 0.4) is 0 Å². The van der Waals surface area contributed by atoms with Crippen LogP contribution >= 0.6 is 0 Å². The lowest BCUT2D eigenvalue weighted by Crippen LogP contribution is -2.22. The maximum atomic E-state index is 11.2. The molecule has 2 rings (SSSR count). The number of hydrogen-bond acceptors (Lipinski definition) is 1. The Labute approximate surface area is 97.7 Å². The SMILES string of the molecule is CC=C(C(=O)O)C1CCCC1C1CCCC1. The van der Waals surface area contributed by atoms with E-state index >= 15 is 0 Å². The van der Waals surface area contributed by atoms with Gasteiger partial charge in [-0.3, -0.25) is 0 Å². The van der Waals surface area contributed by atoms with Crippen LogP contribution in [0.15, 0.2) is 11.6 Å². The van der Waals surface area contributed by atoms with E-state index in [-0.39, 0.29) is 0 Å². The summed E-state index contributed by atoms with van der Waals surface area (Å²) in [5.41, 5.74) is 0.675. The predicted molar refractivity (Wildman–Crippen MR) is 64.2 cm³/mol. The van der Waals surface area contributed by atoms with E-state index in [9.17, 15) is 9.90 Å². The van der Waals surface area contributed by atoms with Crippen LogP contribution in [0.25, 0.3) is 0 Å². The molecule has 0 saturated heterocycles. The van der Waals surface area contributed by atoms with Crippen molar-refractivity contribution in [2.45, 2.75) is 51.9 Å². The van der Waals surface area contributed by atoms with Gasteiger partial charge in [0.1, 0.15) is 0 Å². The van der Waals surface area contributed by atoms with Gasteiger partial charge in [-0.15, -0.1) is 0 Å². The molecular formula is C14H22O2. The van der Waals surface area contributed by atoms with E-state index < -0.39 is 5.97 Å². The number of carbonyl (C=O) groups is 1. The fraction of sp³-hybridized carbons (Fsp3) is 0.786. The summed E-state index contributed by atoms with van der Waals surface area (Å²) in [6, 6.07) is 0. The lowest BCUT2D eigenvalue weighted by atomic mass is 9.79. The van der Waals surface area contributed by atoms with Crippen molar-refractivity contribution in [3.8, 4) is 0 Å². The number of aliphatic carboxylic acids is 1. The zero-order chi connectivity index (χ0) is 11.5. The second-order valence-corrected chi connectivity index (χ2v) is 5.29. The number of hydrogen-bond donors (Lipinski definition) is 1. The number of rotatable bonds is 3. The van der Waals surface area contributed by atoms with Crippen molar-refractivity contribution in [2.75, 3.05) is 0 Å². The summed E-state index contributed by atoms with van der Waals surface area (Å²) < 4.78 is 0. The first-order valence-corrected chi connectivity index (χ1v) is 6.63. The van der Waals surface area contributed by atoms with Gasteiger partial charge in [0.25, 0.3) is 0 Å². The number of carboxylic acids is 1. The van der Waals surface area contributed by atoms with Gasteiger partial charge in [-0.25, -0.2) is 4.79 Å². The summed E-state index contributed by atoms with van der Waals surface area (Å²) in [5.74, 6) is 1.11. The van der Waals surface area contributed by atoms with Crippen molar-refractivity contribution in [3.05, 3.63) is 11.6 Å². The summed E-state index contributed by atoms with van der Waals surface area (Å²) in [5, 5.41) is 9.23. The molecule has 2 atom stereocenters. The first-order chi connectivity index (χ1) is 7.74. The Bertz CT molecular complexity index is 287.